The second kappa shape index (κ2) is 14.3. The molecule has 256 valence electrons. The van der Waals surface area contributed by atoms with Gasteiger partial charge in [0.05, 0.1) is 43.2 Å². The van der Waals surface area contributed by atoms with E-state index in [4.69, 9.17) is 15.9 Å². The number of benzene rings is 1. The number of hydrogen-bond acceptors (Lipinski definition) is 10. The minimum Gasteiger partial charge on any atom is -0.488 e. The number of rotatable bonds is 11. The zero-order chi connectivity index (χ0) is 34.8. The number of anilines is 2. The van der Waals surface area contributed by atoms with Crippen LogP contribution in [0.2, 0.25) is 0 Å². The van der Waals surface area contributed by atoms with Crippen LogP contribution in [0.15, 0.2) is 47.6 Å². The molecule has 5 heterocycles. The Hall–Kier alpha value is -4.82. The van der Waals surface area contributed by atoms with Crippen molar-refractivity contribution in [3.05, 3.63) is 69.6 Å². The topological polar surface area (TPSA) is 144 Å². The van der Waals surface area contributed by atoms with E-state index in [-0.39, 0.29) is 53.2 Å². The molecule has 3 aliphatic heterocycles. The summed E-state index contributed by atoms with van der Waals surface area (Å²) in [7, 11) is 1.96. The lowest BCUT2D eigenvalue weighted by atomic mass is 10.0. The number of aliphatic imine (C=N–C) groups is 1. The van der Waals surface area contributed by atoms with Crippen molar-refractivity contribution in [1.82, 2.24) is 19.8 Å². The summed E-state index contributed by atoms with van der Waals surface area (Å²) in [6.07, 6.45) is 6.87. The number of aromatic nitrogens is 2. The molecule has 0 unspecified atom stereocenters. The lowest BCUT2D eigenvalue weighted by molar-refractivity contribution is -0.372. The van der Waals surface area contributed by atoms with Gasteiger partial charge in [0.15, 0.2) is 11.6 Å². The molecule has 1 saturated heterocycles. The minimum atomic E-state index is -0.585. The molecule has 3 aliphatic rings. The number of nitrogens with one attached hydrogen (secondary N) is 1. The first-order chi connectivity index (χ1) is 23.5. The second-order valence-electron chi connectivity index (χ2n) is 12.6. The number of nitrogens with two attached hydrogens (primary N) is 1. The van der Waals surface area contributed by atoms with Crippen molar-refractivity contribution in [2.45, 2.75) is 39.7 Å². The number of carbonyl (C=O) groups is 2. The third kappa shape index (κ3) is 7.30. The van der Waals surface area contributed by atoms with Gasteiger partial charge in [-0.25, -0.2) is 18.9 Å². The molecule has 2 amide bonds. The van der Waals surface area contributed by atoms with Crippen molar-refractivity contribution < 1.29 is 23.3 Å². The van der Waals surface area contributed by atoms with Crippen molar-refractivity contribution in [2.75, 3.05) is 56.9 Å². The predicted octanol–water partition coefficient (Wildman–Crippen LogP) is 3.88. The van der Waals surface area contributed by atoms with E-state index < -0.39 is 5.82 Å². The van der Waals surface area contributed by atoms with Crippen LogP contribution < -0.4 is 15.4 Å². The summed E-state index contributed by atoms with van der Waals surface area (Å²) in [5.74, 6) is 0.444. The summed E-state index contributed by atoms with van der Waals surface area (Å²) < 4.78 is 22.2. The maximum Gasteiger partial charge on any atom is 0.284 e. The van der Waals surface area contributed by atoms with Crippen LogP contribution in [-0.4, -0.2) is 106 Å². The van der Waals surface area contributed by atoms with Crippen molar-refractivity contribution in [3.63, 3.8) is 0 Å². The van der Waals surface area contributed by atoms with Crippen LogP contribution in [0.4, 0.5) is 15.9 Å². The highest BCUT2D eigenvalue weighted by Crippen LogP contribution is 2.29. The molecule has 3 aromatic rings. The van der Waals surface area contributed by atoms with E-state index in [1.807, 2.05) is 48.4 Å². The van der Waals surface area contributed by atoms with Crippen molar-refractivity contribution in [2.24, 2.45) is 10.9 Å². The number of nitrogen functional groups attached to an aromatic ring is 1. The molecule has 1 atom stereocenters. The van der Waals surface area contributed by atoms with E-state index in [9.17, 15) is 14.0 Å². The lowest BCUT2D eigenvalue weighted by Crippen LogP contribution is -2.42. The van der Waals surface area contributed by atoms with Gasteiger partial charge in [-0.15, -0.1) is 11.3 Å². The van der Waals surface area contributed by atoms with Crippen LogP contribution in [0.25, 0.3) is 5.57 Å². The van der Waals surface area contributed by atoms with Crippen molar-refractivity contribution >= 4 is 58.1 Å². The highest BCUT2D eigenvalue weighted by molar-refractivity contribution is 7.14. The molecule has 2 aromatic heterocycles. The minimum absolute atomic E-state index is 0.0418. The maximum absolute atomic E-state index is 14.7. The number of carbonyl (C=O) groups excluding carboxylic acids is 2. The van der Waals surface area contributed by atoms with Crippen LogP contribution >= 0.6 is 11.3 Å². The normalized spacial score (nSPS) is 17.7. The maximum atomic E-state index is 14.7. The average molecular weight is 687 g/mol. The molecule has 0 spiro atoms. The van der Waals surface area contributed by atoms with Gasteiger partial charge in [-0.3, -0.25) is 24.8 Å². The van der Waals surface area contributed by atoms with E-state index >= 15 is 0 Å². The zero-order valence-electron chi connectivity index (χ0n) is 28.1. The Bertz CT molecular complexity index is 1880. The van der Waals surface area contributed by atoms with Gasteiger partial charge < -0.3 is 15.4 Å². The summed E-state index contributed by atoms with van der Waals surface area (Å²) in [6.45, 7) is 8.35. The number of hydrogen-bond donors (Lipinski definition) is 2. The largest absolute Gasteiger partial charge is 0.488 e. The first-order valence-electron chi connectivity index (χ1n) is 16.5. The third-order valence-electron chi connectivity index (χ3n) is 8.82. The predicted molar refractivity (Wildman–Crippen MR) is 189 cm³/mol. The Kier molecular flexibility index (Phi) is 9.97. The Balaban J connectivity index is 1.05. The molecule has 0 bridgehead atoms. The Morgan fingerprint density at radius 2 is 2.06 bits per heavy atom. The summed E-state index contributed by atoms with van der Waals surface area (Å²) in [4.78, 5) is 47.0. The molecular weight excluding hydrogens is 646 g/mol. The van der Waals surface area contributed by atoms with Gasteiger partial charge in [-0.05, 0) is 76.1 Å². The first-order valence-corrected chi connectivity index (χ1v) is 17.3. The number of amides is 2. The SMILES string of the molecule is CCN(C(=O)[C@@H]1CCN(CC(=O)N2CC=C(c3ncc(C4=[N+](C)C=N4)s3)CC2)C1)c1ccc(N)c(C(=N)c2ccc(OC(C)C)c(F)c2)n1. The van der Waals surface area contributed by atoms with Gasteiger partial charge in [0.2, 0.25) is 18.2 Å². The van der Waals surface area contributed by atoms with E-state index in [0.717, 1.165) is 27.7 Å². The summed E-state index contributed by atoms with van der Waals surface area (Å²) in [6, 6.07) is 7.57. The molecule has 6 rings (SSSR count). The number of pyridine rings is 1. The third-order valence-corrected chi connectivity index (χ3v) is 9.89. The Labute approximate surface area is 288 Å². The zero-order valence-corrected chi connectivity index (χ0v) is 29.0. The smallest absolute Gasteiger partial charge is 0.284 e. The highest BCUT2D eigenvalue weighted by Gasteiger charge is 2.34. The molecule has 0 aliphatic carbocycles. The van der Waals surface area contributed by atoms with Crippen LogP contribution in [0.5, 0.6) is 5.75 Å². The van der Waals surface area contributed by atoms with Gasteiger partial charge in [0, 0.05) is 31.7 Å². The first kappa shape index (κ1) is 34.1. The molecule has 12 nitrogen and oxygen atoms in total. The number of halogens is 1. The molecule has 0 radical (unpaired) electrons. The molecular formula is C35H41FN9O3S+. The van der Waals surface area contributed by atoms with Gasteiger partial charge in [0.25, 0.3) is 5.84 Å². The van der Waals surface area contributed by atoms with Crippen LogP contribution in [0, 0.1) is 17.1 Å². The summed E-state index contributed by atoms with van der Waals surface area (Å²) in [5, 5.41) is 9.71. The number of ether oxygens (including phenoxy) is 1. The van der Waals surface area contributed by atoms with Crippen LogP contribution in [0.3, 0.4) is 0 Å². The van der Waals surface area contributed by atoms with Crippen molar-refractivity contribution in [3.8, 4) is 5.75 Å². The number of nitrogens with zero attached hydrogens (tertiary/aromatic N) is 7. The van der Waals surface area contributed by atoms with Gasteiger partial charge >= 0.3 is 0 Å². The fourth-order valence-corrected chi connectivity index (χ4v) is 7.18. The Morgan fingerprint density at radius 3 is 2.71 bits per heavy atom. The van der Waals surface area contributed by atoms with Crippen LogP contribution in [0.1, 0.15) is 54.8 Å². The molecule has 0 saturated carbocycles. The molecule has 3 N–H and O–H groups in total. The average Bonchev–Trinajstić information content (AvgIpc) is 3.76. The Morgan fingerprint density at radius 1 is 1.24 bits per heavy atom. The number of thiazole rings is 1. The number of likely N-dealkylation sites (tertiary alicyclic amines) is 1. The quantitative estimate of drug-likeness (QED) is 0.230. The molecule has 1 aromatic carbocycles. The van der Waals surface area contributed by atoms with E-state index in [1.54, 1.807) is 40.8 Å². The van der Waals surface area contributed by atoms with Crippen molar-refractivity contribution in [1.29, 1.82) is 5.41 Å². The molecule has 49 heavy (non-hydrogen) atoms. The van der Waals surface area contributed by atoms with Crippen LogP contribution in [-0.2, 0) is 9.59 Å². The van der Waals surface area contributed by atoms with Gasteiger partial charge in [-0.2, -0.15) is 0 Å². The van der Waals surface area contributed by atoms with E-state index in [0.29, 0.717) is 50.5 Å². The summed E-state index contributed by atoms with van der Waals surface area (Å²) >= 11 is 1.61. The second-order valence-corrected chi connectivity index (χ2v) is 13.7. The fourth-order valence-electron chi connectivity index (χ4n) is 6.16. The number of amidine groups is 1. The molecule has 14 heteroatoms. The highest BCUT2D eigenvalue weighted by atomic mass is 32.1. The standard InChI is InChI=1S/C35H41FN9O3S/c1-5-45(29-9-7-26(37)32(41-29)31(38)23-6-8-27(25(36)16-23)48-21(2)3)35(47)24-10-13-43(18-24)19-30(46)44-14-11-22(12-15-44)34-39-17-28(49-34)33-40-20-42(33)4/h6-9,11,16-17,20-21,24,38H,5,10,12-15,18-19,37H2,1-4H3/q+1/t24-/m1/s1. The monoisotopic (exact) mass is 686 g/mol. The van der Waals surface area contributed by atoms with Gasteiger partial charge in [-0.1, -0.05) is 11.1 Å². The lowest BCUT2D eigenvalue weighted by Gasteiger charge is -2.28. The van der Waals surface area contributed by atoms with E-state index in [1.165, 1.54) is 12.1 Å². The van der Waals surface area contributed by atoms with E-state index in [2.05, 4.69) is 21.0 Å². The summed E-state index contributed by atoms with van der Waals surface area (Å²) in [5.41, 5.74) is 7.99. The molecule has 1 fully saturated rings. The fraction of sp³-hybridized carbons (Fsp3) is 0.400. The van der Waals surface area contributed by atoms with Gasteiger partial charge in [0.1, 0.15) is 21.4 Å².